The Hall–Kier alpha value is -1.58. The van der Waals surface area contributed by atoms with Crippen LogP contribution in [0, 0.1) is 5.82 Å². The normalized spacial score (nSPS) is 24.1. The van der Waals surface area contributed by atoms with Gasteiger partial charge in [-0.3, -0.25) is 0 Å². The van der Waals surface area contributed by atoms with Crippen molar-refractivity contribution in [2.24, 2.45) is 5.11 Å². The molecule has 5 heteroatoms. The van der Waals surface area contributed by atoms with E-state index >= 15 is 0 Å². The van der Waals surface area contributed by atoms with Crippen molar-refractivity contribution in [2.45, 2.75) is 18.4 Å². The highest BCUT2D eigenvalue weighted by Gasteiger charge is 2.26. The number of nitrogens with zero attached hydrogens (tertiary/aromatic N) is 3. The molecule has 0 aliphatic carbocycles. The average molecular weight is 221 g/mol. The molecule has 0 saturated carbocycles. The molecule has 1 aliphatic rings. The third-order valence-corrected chi connectivity index (χ3v) is 2.75. The van der Waals surface area contributed by atoms with Crippen LogP contribution in [-0.2, 0) is 4.74 Å². The van der Waals surface area contributed by atoms with Crippen molar-refractivity contribution in [1.29, 1.82) is 0 Å². The van der Waals surface area contributed by atoms with Gasteiger partial charge < -0.3 is 4.74 Å². The molecule has 0 aromatic heterocycles. The molecule has 0 N–H and O–H groups in total. The number of azide groups is 1. The zero-order valence-corrected chi connectivity index (χ0v) is 8.71. The molecule has 1 heterocycles. The first-order valence-electron chi connectivity index (χ1n) is 5.17. The fraction of sp³-hybridized carbons (Fsp3) is 0.455. The first-order valence-corrected chi connectivity index (χ1v) is 5.17. The predicted octanol–water partition coefficient (Wildman–Crippen LogP) is 3.01. The van der Waals surface area contributed by atoms with Crippen molar-refractivity contribution in [3.63, 3.8) is 0 Å². The van der Waals surface area contributed by atoms with E-state index in [9.17, 15) is 4.39 Å². The summed E-state index contributed by atoms with van der Waals surface area (Å²) in [5.74, 6) is -0.0226. The van der Waals surface area contributed by atoms with E-state index in [2.05, 4.69) is 10.0 Å². The molecule has 84 valence electrons. The van der Waals surface area contributed by atoms with Crippen LogP contribution in [0.15, 0.2) is 29.4 Å². The zero-order valence-electron chi connectivity index (χ0n) is 8.71. The molecular weight excluding hydrogens is 209 g/mol. The van der Waals surface area contributed by atoms with E-state index in [0.717, 1.165) is 12.0 Å². The van der Waals surface area contributed by atoms with Crippen molar-refractivity contribution < 1.29 is 9.13 Å². The van der Waals surface area contributed by atoms with Crippen LogP contribution in [0.25, 0.3) is 10.4 Å². The van der Waals surface area contributed by atoms with Gasteiger partial charge in [0.25, 0.3) is 0 Å². The summed E-state index contributed by atoms with van der Waals surface area (Å²) < 4.78 is 18.5. The molecule has 1 fully saturated rings. The van der Waals surface area contributed by atoms with Gasteiger partial charge in [0.2, 0.25) is 0 Å². The molecule has 1 aromatic carbocycles. The molecule has 0 unspecified atom stereocenters. The van der Waals surface area contributed by atoms with Crippen LogP contribution < -0.4 is 0 Å². The molecular formula is C11H12FN3O. The summed E-state index contributed by atoms with van der Waals surface area (Å²) in [6.07, 6.45) is 0.742. The van der Waals surface area contributed by atoms with Crippen LogP contribution in [0.5, 0.6) is 0 Å². The standard InChI is InChI=1S/C11H12FN3O/c12-10-3-1-2-8(4-10)9-5-11(16-7-9)6-14-15-13/h1-4,9,11H,5-7H2/t9-,11-/m0/s1. The number of halogens is 1. The Morgan fingerprint density at radius 1 is 1.56 bits per heavy atom. The van der Waals surface area contributed by atoms with Crippen molar-refractivity contribution in [1.82, 2.24) is 0 Å². The van der Waals surface area contributed by atoms with E-state index in [1.165, 1.54) is 12.1 Å². The summed E-state index contributed by atoms with van der Waals surface area (Å²) in [5, 5.41) is 3.48. The van der Waals surface area contributed by atoms with E-state index in [1.54, 1.807) is 6.07 Å². The Labute approximate surface area is 92.7 Å². The molecule has 2 rings (SSSR count). The molecule has 0 radical (unpaired) electrons. The first kappa shape index (κ1) is 10.9. The third-order valence-electron chi connectivity index (χ3n) is 2.75. The second-order valence-corrected chi connectivity index (χ2v) is 3.86. The Kier molecular flexibility index (Phi) is 3.39. The van der Waals surface area contributed by atoms with Crippen LogP contribution in [0.2, 0.25) is 0 Å². The average Bonchev–Trinajstić information content (AvgIpc) is 2.75. The van der Waals surface area contributed by atoms with Crippen molar-refractivity contribution in [2.75, 3.05) is 13.2 Å². The SMILES string of the molecule is [N-]=[N+]=NC[C@@H]1C[C@H](c2cccc(F)c2)CO1. The molecule has 0 amide bonds. The maximum atomic E-state index is 13.0. The minimum atomic E-state index is -0.226. The van der Waals surface area contributed by atoms with Gasteiger partial charge in [-0.25, -0.2) is 4.39 Å². The van der Waals surface area contributed by atoms with E-state index < -0.39 is 0 Å². The van der Waals surface area contributed by atoms with Gasteiger partial charge in [0.1, 0.15) is 5.82 Å². The number of hydrogen-bond acceptors (Lipinski definition) is 2. The monoisotopic (exact) mass is 221 g/mol. The Balaban J connectivity index is 2.00. The van der Waals surface area contributed by atoms with Crippen molar-refractivity contribution in [3.05, 3.63) is 46.1 Å². The minimum Gasteiger partial charge on any atom is -0.377 e. The van der Waals surface area contributed by atoms with Crippen LogP contribution in [-0.4, -0.2) is 19.3 Å². The second kappa shape index (κ2) is 4.96. The van der Waals surface area contributed by atoms with E-state index in [1.807, 2.05) is 6.07 Å². The number of benzene rings is 1. The minimum absolute atomic E-state index is 0.0378. The lowest BCUT2D eigenvalue weighted by molar-refractivity contribution is 0.116. The molecule has 2 atom stereocenters. The summed E-state index contributed by atoms with van der Waals surface area (Å²) >= 11 is 0. The van der Waals surface area contributed by atoms with E-state index in [4.69, 9.17) is 10.3 Å². The first-order chi connectivity index (χ1) is 7.79. The number of hydrogen-bond donors (Lipinski definition) is 0. The predicted molar refractivity (Wildman–Crippen MR) is 57.5 cm³/mol. The van der Waals surface area contributed by atoms with Crippen LogP contribution in [0.4, 0.5) is 4.39 Å². The Morgan fingerprint density at radius 2 is 2.44 bits per heavy atom. The van der Waals surface area contributed by atoms with Crippen LogP contribution in [0.1, 0.15) is 17.9 Å². The highest BCUT2D eigenvalue weighted by Crippen LogP contribution is 2.29. The summed E-state index contributed by atoms with van der Waals surface area (Å²) in [6.45, 7) is 0.914. The smallest absolute Gasteiger partial charge is 0.123 e. The summed E-state index contributed by atoms with van der Waals surface area (Å²) in [7, 11) is 0. The van der Waals surface area contributed by atoms with E-state index in [0.29, 0.717) is 13.2 Å². The summed E-state index contributed by atoms with van der Waals surface area (Å²) in [6, 6.07) is 6.55. The highest BCUT2D eigenvalue weighted by atomic mass is 19.1. The van der Waals surface area contributed by atoms with E-state index in [-0.39, 0.29) is 17.8 Å². The number of ether oxygens (including phenoxy) is 1. The molecule has 1 aliphatic heterocycles. The summed E-state index contributed by atoms with van der Waals surface area (Å²) in [4.78, 5) is 2.70. The van der Waals surface area contributed by atoms with Gasteiger partial charge in [0.15, 0.2) is 0 Å². The highest BCUT2D eigenvalue weighted by molar-refractivity contribution is 5.21. The maximum absolute atomic E-state index is 13.0. The third kappa shape index (κ3) is 2.51. The second-order valence-electron chi connectivity index (χ2n) is 3.86. The fourth-order valence-electron chi connectivity index (χ4n) is 1.95. The van der Waals surface area contributed by atoms with Crippen LogP contribution >= 0.6 is 0 Å². The van der Waals surface area contributed by atoms with Gasteiger partial charge in [-0.05, 0) is 29.6 Å². The van der Waals surface area contributed by atoms with Gasteiger partial charge in [-0.15, -0.1) is 0 Å². The molecule has 16 heavy (non-hydrogen) atoms. The lowest BCUT2D eigenvalue weighted by Crippen LogP contribution is -2.08. The van der Waals surface area contributed by atoms with Crippen molar-refractivity contribution >= 4 is 0 Å². The molecule has 1 aromatic rings. The van der Waals surface area contributed by atoms with Gasteiger partial charge in [-0.2, -0.15) is 0 Å². The van der Waals surface area contributed by atoms with Gasteiger partial charge in [0.05, 0.1) is 19.3 Å². The van der Waals surface area contributed by atoms with Gasteiger partial charge in [-0.1, -0.05) is 17.2 Å². The molecule has 0 spiro atoms. The molecule has 4 nitrogen and oxygen atoms in total. The number of rotatable bonds is 3. The summed E-state index contributed by atoms with van der Waals surface area (Å²) in [5.41, 5.74) is 9.15. The van der Waals surface area contributed by atoms with Crippen molar-refractivity contribution in [3.8, 4) is 0 Å². The molecule has 1 saturated heterocycles. The Morgan fingerprint density at radius 3 is 3.19 bits per heavy atom. The fourth-order valence-corrected chi connectivity index (χ4v) is 1.95. The topological polar surface area (TPSA) is 58.0 Å². The molecule has 0 bridgehead atoms. The van der Waals surface area contributed by atoms with Gasteiger partial charge in [0, 0.05) is 10.8 Å². The lowest BCUT2D eigenvalue weighted by atomic mass is 9.96. The maximum Gasteiger partial charge on any atom is 0.123 e. The van der Waals surface area contributed by atoms with Gasteiger partial charge >= 0.3 is 0 Å². The lowest BCUT2D eigenvalue weighted by Gasteiger charge is -2.07. The Bertz CT molecular complexity index is 417. The largest absolute Gasteiger partial charge is 0.377 e. The zero-order chi connectivity index (χ0) is 11.4. The quantitative estimate of drug-likeness (QED) is 0.439. The van der Waals surface area contributed by atoms with Crippen LogP contribution in [0.3, 0.4) is 0 Å².